The Kier molecular flexibility index (Phi) is 5.71. The Morgan fingerprint density at radius 2 is 1.95 bits per heavy atom. The third kappa shape index (κ3) is 4.94. The Balaban J connectivity index is 1.89. The number of hydrogen-bond donors (Lipinski definition) is 1. The number of ether oxygens (including phenoxy) is 1. The number of rotatable bonds is 5. The Morgan fingerprint density at radius 3 is 2.55 bits per heavy atom. The number of hydrogen-bond acceptors (Lipinski definition) is 5. The van der Waals surface area contributed by atoms with Crippen LogP contribution in [0, 0.1) is 6.92 Å². The summed E-state index contributed by atoms with van der Waals surface area (Å²) in [7, 11) is 0. The molecule has 0 saturated heterocycles. The fraction of sp³-hybridized carbons (Fsp3) is 0.267. The van der Waals surface area contributed by atoms with E-state index in [4.69, 9.17) is 33.7 Å². The van der Waals surface area contributed by atoms with Crippen molar-refractivity contribution in [1.29, 1.82) is 0 Å². The largest absolute Gasteiger partial charge is 0.460 e. The van der Waals surface area contributed by atoms with Crippen LogP contribution in [0.1, 0.15) is 16.8 Å². The average Bonchev–Trinajstić information content (AvgIpc) is 2.46. The van der Waals surface area contributed by atoms with Gasteiger partial charge in [-0.2, -0.15) is 0 Å². The Labute approximate surface area is 138 Å². The van der Waals surface area contributed by atoms with Crippen LogP contribution < -0.4 is 5.73 Å². The highest BCUT2D eigenvalue weighted by atomic mass is 35.5. The van der Waals surface area contributed by atoms with Crippen LogP contribution in [-0.4, -0.2) is 22.0 Å². The first-order valence-corrected chi connectivity index (χ1v) is 7.35. The number of halogens is 2. The van der Waals surface area contributed by atoms with Gasteiger partial charge in [0.15, 0.2) is 0 Å². The molecule has 0 aliphatic carbocycles. The molecule has 0 radical (unpaired) electrons. The summed E-state index contributed by atoms with van der Waals surface area (Å²) >= 11 is 11.6. The normalized spacial score (nSPS) is 12.0. The van der Waals surface area contributed by atoms with Crippen LogP contribution in [0.5, 0.6) is 0 Å². The highest BCUT2D eigenvalue weighted by Gasteiger charge is 2.16. The molecule has 0 bridgehead atoms. The van der Waals surface area contributed by atoms with Crippen LogP contribution in [0.15, 0.2) is 30.5 Å². The van der Waals surface area contributed by atoms with E-state index < -0.39 is 12.0 Å². The number of nitrogens with zero attached hydrogens (tertiary/aromatic N) is 2. The minimum atomic E-state index is -0.753. The molecule has 22 heavy (non-hydrogen) atoms. The molecule has 2 heterocycles. The minimum absolute atomic E-state index is 0.0423. The van der Waals surface area contributed by atoms with E-state index in [0.29, 0.717) is 12.0 Å². The Morgan fingerprint density at radius 1 is 1.27 bits per heavy atom. The second-order valence-corrected chi connectivity index (χ2v) is 5.62. The number of carbonyl (C=O) groups excluding carboxylic acids is 1. The van der Waals surface area contributed by atoms with Crippen LogP contribution >= 0.6 is 23.2 Å². The number of nitrogens with two attached hydrogens (primary N) is 1. The number of carbonyl (C=O) groups is 1. The van der Waals surface area contributed by atoms with Crippen molar-refractivity contribution in [1.82, 2.24) is 9.97 Å². The van der Waals surface area contributed by atoms with Crippen molar-refractivity contribution in [3.63, 3.8) is 0 Å². The van der Waals surface area contributed by atoms with E-state index in [0.717, 1.165) is 11.3 Å². The van der Waals surface area contributed by atoms with Crippen LogP contribution in [0.4, 0.5) is 0 Å². The predicted molar refractivity (Wildman–Crippen MR) is 84.7 cm³/mol. The van der Waals surface area contributed by atoms with Gasteiger partial charge in [-0.25, -0.2) is 4.98 Å². The fourth-order valence-corrected chi connectivity index (χ4v) is 2.32. The van der Waals surface area contributed by atoms with Crippen molar-refractivity contribution in [3.05, 3.63) is 57.6 Å². The maximum atomic E-state index is 11.9. The van der Waals surface area contributed by atoms with E-state index in [2.05, 4.69) is 9.97 Å². The van der Waals surface area contributed by atoms with Gasteiger partial charge in [-0.1, -0.05) is 29.3 Å². The summed E-state index contributed by atoms with van der Waals surface area (Å²) in [6.45, 7) is 1.93. The number of esters is 1. The third-order valence-electron chi connectivity index (χ3n) is 2.93. The molecule has 1 atom stereocenters. The Bertz CT molecular complexity index is 642. The summed E-state index contributed by atoms with van der Waals surface area (Å²) < 4.78 is 5.17. The topological polar surface area (TPSA) is 78.1 Å². The van der Waals surface area contributed by atoms with E-state index in [1.807, 2.05) is 19.1 Å². The molecule has 0 spiro atoms. The molecule has 2 aromatic rings. The lowest BCUT2D eigenvalue weighted by atomic mass is 10.1. The molecule has 116 valence electrons. The summed E-state index contributed by atoms with van der Waals surface area (Å²) in [6.07, 6.45) is 2.06. The first-order chi connectivity index (χ1) is 10.4. The quantitative estimate of drug-likeness (QED) is 0.669. The van der Waals surface area contributed by atoms with Gasteiger partial charge in [-0.3, -0.25) is 9.78 Å². The molecule has 0 aromatic carbocycles. The molecule has 2 aromatic heterocycles. The van der Waals surface area contributed by atoms with Crippen LogP contribution in [-0.2, 0) is 22.6 Å². The molecule has 0 aliphatic heterocycles. The maximum Gasteiger partial charge on any atom is 0.323 e. The van der Waals surface area contributed by atoms with Gasteiger partial charge in [-0.15, -0.1) is 0 Å². The molecule has 5 nitrogen and oxygen atoms in total. The van der Waals surface area contributed by atoms with Crippen molar-refractivity contribution in [3.8, 4) is 0 Å². The first kappa shape index (κ1) is 16.7. The van der Waals surface area contributed by atoms with E-state index in [9.17, 15) is 4.79 Å². The summed E-state index contributed by atoms with van der Waals surface area (Å²) in [4.78, 5) is 19.9. The molecular formula is C15H15Cl2N3O2. The molecule has 7 heteroatoms. The predicted octanol–water partition coefficient (Wildman–Crippen LogP) is 2.71. The van der Waals surface area contributed by atoms with Gasteiger partial charge >= 0.3 is 5.97 Å². The van der Waals surface area contributed by atoms with Crippen molar-refractivity contribution in [2.45, 2.75) is 26.0 Å². The average molecular weight is 340 g/mol. The lowest BCUT2D eigenvalue weighted by molar-refractivity contribution is -0.146. The molecular weight excluding hydrogens is 325 g/mol. The fourth-order valence-electron chi connectivity index (χ4n) is 1.82. The summed E-state index contributed by atoms with van der Waals surface area (Å²) in [5, 5.41) is 0.488. The Hall–Kier alpha value is -1.69. The molecule has 0 amide bonds. The van der Waals surface area contributed by atoms with Gasteiger partial charge in [0.1, 0.15) is 23.0 Å². The van der Waals surface area contributed by atoms with Crippen molar-refractivity contribution in [2.75, 3.05) is 0 Å². The van der Waals surface area contributed by atoms with Crippen LogP contribution in [0.25, 0.3) is 0 Å². The third-order valence-corrected chi connectivity index (χ3v) is 3.32. The molecule has 0 aliphatic rings. The zero-order valence-electron chi connectivity index (χ0n) is 11.9. The zero-order valence-corrected chi connectivity index (χ0v) is 13.4. The van der Waals surface area contributed by atoms with Crippen molar-refractivity contribution < 1.29 is 9.53 Å². The minimum Gasteiger partial charge on any atom is -0.460 e. The van der Waals surface area contributed by atoms with E-state index in [-0.39, 0.29) is 16.9 Å². The lowest BCUT2D eigenvalue weighted by Gasteiger charge is -2.12. The molecule has 2 N–H and O–H groups in total. The van der Waals surface area contributed by atoms with Gasteiger partial charge in [0.05, 0.1) is 0 Å². The first-order valence-electron chi connectivity index (χ1n) is 6.60. The smallest absolute Gasteiger partial charge is 0.323 e. The second-order valence-electron chi connectivity index (χ2n) is 4.85. The lowest BCUT2D eigenvalue weighted by Crippen LogP contribution is -2.34. The highest BCUT2D eigenvalue weighted by Crippen LogP contribution is 2.15. The number of aryl methyl sites for hydroxylation is 1. The molecule has 0 saturated carbocycles. The van der Waals surface area contributed by atoms with Crippen LogP contribution in [0.3, 0.4) is 0 Å². The summed E-state index contributed by atoms with van der Waals surface area (Å²) in [5.74, 6) is -0.496. The van der Waals surface area contributed by atoms with E-state index in [1.165, 1.54) is 0 Å². The van der Waals surface area contributed by atoms with Gasteiger partial charge in [0, 0.05) is 11.9 Å². The highest BCUT2D eigenvalue weighted by molar-refractivity contribution is 6.32. The second kappa shape index (κ2) is 7.54. The summed E-state index contributed by atoms with van der Waals surface area (Å²) in [6, 6.07) is 6.16. The van der Waals surface area contributed by atoms with E-state index in [1.54, 1.807) is 18.3 Å². The standard InChI is InChI=1S/C15H15Cl2N3O2/c1-9-2-3-10(7-19-9)4-12(18)15(21)22-8-11-5-13(16)20-14(17)6-11/h2-3,5-7,12H,4,8,18H2,1H3/t12-/m0/s1. The van der Waals surface area contributed by atoms with Gasteiger partial charge in [0.2, 0.25) is 0 Å². The van der Waals surface area contributed by atoms with Crippen molar-refractivity contribution in [2.24, 2.45) is 5.73 Å². The van der Waals surface area contributed by atoms with Gasteiger partial charge in [0.25, 0.3) is 0 Å². The van der Waals surface area contributed by atoms with Gasteiger partial charge < -0.3 is 10.5 Å². The molecule has 0 fully saturated rings. The molecule has 2 rings (SSSR count). The SMILES string of the molecule is Cc1ccc(C[C@H](N)C(=O)OCc2cc(Cl)nc(Cl)c2)cn1. The summed E-state index contributed by atoms with van der Waals surface area (Å²) in [5.41, 5.74) is 8.29. The maximum absolute atomic E-state index is 11.9. The van der Waals surface area contributed by atoms with E-state index >= 15 is 0 Å². The van der Waals surface area contributed by atoms with Crippen LogP contribution in [0.2, 0.25) is 10.3 Å². The zero-order chi connectivity index (χ0) is 16.1. The molecule has 0 unspecified atom stereocenters. The number of pyridine rings is 2. The number of aromatic nitrogens is 2. The van der Waals surface area contributed by atoms with Crippen molar-refractivity contribution >= 4 is 29.2 Å². The van der Waals surface area contributed by atoms with Gasteiger partial charge in [-0.05, 0) is 42.7 Å². The monoisotopic (exact) mass is 339 g/mol.